The molecule has 1 aromatic heterocycles. The largest absolute Gasteiger partial charge is 0.351 e. The Hall–Kier alpha value is -2.77. The maximum Gasteiger partial charge on any atom is 0.318 e. The monoisotopic (exact) mass is 264 g/mol. The highest BCUT2D eigenvalue weighted by Gasteiger charge is 2.09. The number of amides is 3. The van der Waals surface area contributed by atoms with Crippen LogP contribution in [-0.2, 0) is 11.3 Å². The molecule has 7 nitrogen and oxygen atoms in total. The maximum atomic E-state index is 13.0. The number of aromatic nitrogens is 2. The molecule has 98 valence electrons. The van der Waals surface area contributed by atoms with E-state index in [2.05, 4.69) is 4.98 Å². The molecule has 3 amide bonds. The molecule has 0 unspecified atom stereocenters. The molecule has 1 heterocycles. The number of imide groups is 1. The van der Waals surface area contributed by atoms with Crippen LogP contribution in [0.5, 0.6) is 0 Å². The third-order valence-electron chi connectivity index (χ3n) is 2.36. The van der Waals surface area contributed by atoms with E-state index in [4.69, 9.17) is 5.73 Å². The van der Waals surface area contributed by atoms with Crippen molar-refractivity contribution in [1.29, 1.82) is 0 Å². The molecule has 2 aromatic rings. The first-order valence-electron chi connectivity index (χ1n) is 5.21. The predicted octanol–water partition coefficient (Wildman–Crippen LogP) is -0.270. The van der Waals surface area contributed by atoms with Crippen molar-refractivity contribution in [2.75, 3.05) is 0 Å². The minimum atomic E-state index is -1.01. The molecule has 0 saturated carbocycles. The Kier molecular flexibility index (Phi) is 3.23. The normalized spacial score (nSPS) is 10.4. The van der Waals surface area contributed by atoms with E-state index in [0.29, 0.717) is 0 Å². The minimum Gasteiger partial charge on any atom is -0.351 e. The van der Waals surface area contributed by atoms with Crippen molar-refractivity contribution < 1.29 is 14.0 Å². The number of carbonyl (C=O) groups excluding carboxylic acids is 2. The molecule has 19 heavy (non-hydrogen) atoms. The first-order valence-corrected chi connectivity index (χ1v) is 5.21. The van der Waals surface area contributed by atoms with E-state index in [0.717, 1.165) is 23.0 Å². The van der Waals surface area contributed by atoms with Crippen LogP contribution in [0.1, 0.15) is 0 Å². The summed E-state index contributed by atoms with van der Waals surface area (Å²) in [5.74, 6) is -1.25. The van der Waals surface area contributed by atoms with Gasteiger partial charge in [-0.15, -0.1) is 0 Å². The molecule has 0 aliphatic rings. The topological polar surface area (TPSA) is 107 Å². The van der Waals surface area contributed by atoms with E-state index in [9.17, 15) is 18.8 Å². The lowest BCUT2D eigenvalue weighted by atomic mass is 10.2. The summed E-state index contributed by atoms with van der Waals surface area (Å²) in [6.45, 7) is -0.401. The van der Waals surface area contributed by atoms with Crippen LogP contribution in [0.25, 0.3) is 10.9 Å². The van der Waals surface area contributed by atoms with E-state index < -0.39 is 29.9 Å². The lowest BCUT2D eigenvalue weighted by Gasteiger charge is -2.05. The van der Waals surface area contributed by atoms with Crippen molar-refractivity contribution in [2.45, 2.75) is 6.54 Å². The van der Waals surface area contributed by atoms with Crippen molar-refractivity contribution in [3.8, 4) is 0 Å². The van der Waals surface area contributed by atoms with Gasteiger partial charge in [0.25, 0.3) is 5.56 Å². The van der Waals surface area contributed by atoms with E-state index in [1.807, 2.05) is 5.32 Å². The summed E-state index contributed by atoms with van der Waals surface area (Å²) in [7, 11) is 0. The van der Waals surface area contributed by atoms with Crippen LogP contribution in [0.4, 0.5) is 9.18 Å². The molecule has 0 fully saturated rings. The third-order valence-corrected chi connectivity index (χ3v) is 2.36. The number of primary amides is 1. The highest BCUT2D eigenvalue weighted by Crippen LogP contribution is 2.08. The number of benzene rings is 1. The van der Waals surface area contributed by atoms with Gasteiger partial charge in [-0.3, -0.25) is 19.5 Å². The summed E-state index contributed by atoms with van der Waals surface area (Å²) in [4.78, 5) is 37.6. The number of nitrogens with zero attached hydrogens (tertiary/aromatic N) is 2. The SMILES string of the molecule is NC(=O)NC(=O)Cn1cnc2cc(F)ccc2c1=O. The Morgan fingerprint density at radius 3 is 2.84 bits per heavy atom. The first-order chi connectivity index (χ1) is 8.97. The summed E-state index contributed by atoms with van der Waals surface area (Å²) in [6.07, 6.45) is 1.10. The van der Waals surface area contributed by atoms with Crippen LogP contribution in [-0.4, -0.2) is 21.5 Å². The number of fused-ring (bicyclic) bond motifs is 1. The second kappa shape index (κ2) is 4.84. The first kappa shape index (κ1) is 12.7. The van der Waals surface area contributed by atoms with Gasteiger partial charge in [-0.25, -0.2) is 14.2 Å². The molecule has 3 N–H and O–H groups in total. The van der Waals surface area contributed by atoms with Gasteiger partial charge in [-0.2, -0.15) is 0 Å². The second-order valence-electron chi connectivity index (χ2n) is 3.75. The molecule has 2 rings (SSSR count). The molecule has 0 atom stereocenters. The van der Waals surface area contributed by atoms with Gasteiger partial charge >= 0.3 is 6.03 Å². The van der Waals surface area contributed by atoms with Crippen LogP contribution >= 0.6 is 0 Å². The van der Waals surface area contributed by atoms with Gasteiger partial charge in [-0.1, -0.05) is 0 Å². The van der Waals surface area contributed by atoms with Gasteiger partial charge in [0.05, 0.1) is 17.2 Å². The van der Waals surface area contributed by atoms with Crippen molar-refractivity contribution >= 4 is 22.8 Å². The Labute approximate surface area is 105 Å². The van der Waals surface area contributed by atoms with Gasteiger partial charge in [0.2, 0.25) is 5.91 Å². The van der Waals surface area contributed by atoms with Crippen LogP contribution in [0.15, 0.2) is 29.3 Å². The molecule has 0 bridgehead atoms. The molecule has 0 saturated heterocycles. The van der Waals surface area contributed by atoms with Gasteiger partial charge in [-0.05, 0) is 12.1 Å². The minimum absolute atomic E-state index is 0.177. The fraction of sp³-hybridized carbons (Fsp3) is 0.0909. The van der Waals surface area contributed by atoms with E-state index in [-0.39, 0.29) is 10.9 Å². The number of hydrogen-bond donors (Lipinski definition) is 2. The van der Waals surface area contributed by atoms with E-state index in [1.165, 1.54) is 6.07 Å². The molecule has 1 aromatic carbocycles. The molecule has 0 aliphatic carbocycles. The van der Waals surface area contributed by atoms with Gasteiger partial charge in [0.1, 0.15) is 12.4 Å². The molecular weight excluding hydrogens is 255 g/mol. The van der Waals surface area contributed by atoms with Crippen LogP contribution in [0, 0.1) is 5.82 Å². The molecule has 0 spiro atoms. The zero-order valence-electron chi connectivity index (χ0n) is 9.59. The number of urea groups is 1. The Balaban J connectivity index is 2.38. The highest BCUT2D eigenvalue weighted by atomic mass is 19.1. The third kappa shape index (κ3) is 2.73. The number of halogens is 1. The van der Waals surface area contributed by atoms with Gasteiger partial charge in [0.15, 0.2) is 0 Å². The summed E-state index contributed by atoms with van der Waals surface area (Å²) >= 11 is 0. The molecule has 0 radical (unpaired) electrons. The fourth-order valence-electron chi connectivity index (χ4n) is 1.58. The van der Waals surface area contributed by atoms with Gasteiger partial charge in [0, 0.05) is 6.07 Å². The molecular formula is C11H9FN4O3. The van der Waals surface area contributed by atoms with Crippen LogP contribution < -0.4 is 16.6 Å². The zero-order chi connectivity index (χ0) is 14.0. The summed E-state index contributed by atoms with van der Waals surface area (Å²) in [5, 5.41) is 2.00. The Morgan fingerprint density at radius 2 is 2.16 bits per heavy atom. The second-order valence-corrected chi connectivity index (χ2v) is 3.75. The van der Waals surface area contributed by atoms with Crippen LogP contribution in [0.3, 0.4) is 0 Å². The number of hydrogen-bond acceptors (Lipinski definition) is 4. The molecule has 8 heteroatoms. The van der Waals surface area contributed by atoms with Crippen LogP contribution in [0.2, 0.25) is 0 Å². The highest BCUT2D eigenvalue weighted by molar-refractivity contribution is 5.93. The van der Waals surface area contributed by atoms with E-state index >= 15 is 0 Å². The standard InChI is InChI=1S/C11H9FN4O3/c12-6-1-2-7-8(3-6)14-5-16(10(7)18)4-9(17)15-11(13)19/h1-3,5H,4H2,(H3,13,15,17,19). The van der Waals surface area contributed by atoms with Crippen molar-refractivity contribution in [3.05, 3.63) is 40.7 Å². The molecule has 0 aliphatic heterocycles. The van der Waals surface area contributed by atoms with Crippen molar-refractivity contribution in [3.63, 3.8) is 0 Å². The number of rotatable bonds is 2. The average molecular weight is 264 g/mol. The maximum absolute atomic E-state index is 13.0. The fourth-order valence-corrected chi connectivity index (χ4v) is 1.58. The zero-order valence-corrected chi connectivity index (χ0v) is 9.59. The lowest BCUT2D eigenvalue weighted by Crippen LogP contribution is -2.39. The van der Waals surface area contributed by atoms with Gasteiger partial charge < -0.3 is 5.73 Å². The Bertz CT molecular complexity index is 725. The summed E-state index contributed by atoms with van der Waals surface area (Å²) < 4.78 is 14.0. The van der Waals surface area contributed by atoms with Crippen molar-refractivity contribution in [1.82, 2.24) is 14.9 Å². The number of nitrogens with one attached hydrogen (secondary N) is 1. The predicted molar refractivity (Wildman–Crippen MR) is 63.7 cm³/mol. The number of carbonyl (C=O) groups is 2. The smallest absolute Gasteiger partial charge is 0.318 e. The summed E-state index contributed by atoms with van der Waals surface area (Å²) in [5.41, 5.74) is 4.46. The quantitative estimate of drug-likeness (QED) is 0.778. The summed E-state index contributed by atoms with van der Waals surface area (Å²) in [6, 6.07) is 2.51. The van der Waals surface area contributed by atoms with E-state index in [1.54, 1.807) is 0 Å². The number of nitrogens with two attached hydrogens (primary N) is 1. The average Bonchev–Trinajstić information content (AvgIpc) is 2.31. The van der Waals surface area contributed by atoms with Crippen molar-refractivity contribution in [2.24, 2.45) is 5.73 Å². The lowest BCUT2D eigenvalue weighted by molar-refractivity contribution is -0.120. The Morgan fingerprint density at radius 1 is 1.42 bits per heavy atom.